The Kier molecular flexibility index (Phi) is 5.13. The van der Waals surface area contributed by atoms with Crippen molar-refractivity contribution in [2.75, 3.05) is 26.8 Å². The van der Waals surface area contributed by atoms with Crippen molar-refractivity contribution >= 4 is 11.9 Å². The number of methoxy groups -OCH3 is 1. The number of aliphatic carboxylic acids is 1. The highest BCUT2D eigenvalue weighted by Crippen LogP contribution is 2.38. The summed E-state index contributed by atoms with van der Waals surface area (Å²) in [5, 5.41) is 9.52. The SMILES string of the molecule is COc1cccc(OCC(=O)N2CCC(C(=O)O)(C(C)C)C2)c1. The van der Waals surface area contributed by atoms with E-state index in [2.05, 4.69) is 0 Å². The van der Waals surface area contributed by atoms with E-state index in [1.807, 2.05) is 13.8 Å². The Morgan fingerprint density at radius 3 is 2.61 bits per heavy atom. The van der Waals surface area contributed by atoms with E-state index in [9.17, 15) is 14.7 Å². The van der Waals surface area contributed by atoms with Gasteiger partial charge in [-0.2, -0.15) is 0 Å². The van der Waals surface area contributed by atoms with Crippen LogP contribution >= 0.6 is 0 Å². The summed E-state index contributed by atoms with van der Waals surface area (Å²) in [6.07, 6.45) is 0.477. The number of carbonyl (C=O) groups excluding carboxylic acids is 1. The van der Waals surface area contributed by atoms with E-state index in [0.717, 1.165) is 0 Å². The Hall–Kier alpha value is -2.24. The number of carbonyl (C=O) groups is 2. The van der Waals surface area contributed by atoms with Crippen LogP contribution in [0.4, 0.5) is 0 Å². The van der Waals surface area contributed by atoms with Gasteiger partial charge in [-0.1, -0.05) is 19.9 Å². The predicted molar refractivity (Wildman–Crippen MR) is 84.6 cm³/mol. The van der Waals surface area contributed by atoms with Gasteiger partial charge in [-0.25, -0.2) is 0 Å². The molecule has 1 heterocycles. The maximum absolute atomic E-state index is 12.3. The zero-order valence-corrected chi connectivity index (χ0v) is 13.7. The molecule has 1 N–H and O–H groups in total. The first-order valence-corrected chi connectivity index (χ1v) is 7.67. The summed E-state index contributed by atoms with van der Waals surface area (Å²) < 4.78 is 10.6. The highest BCUT2D eigenvalue weighted by molar-refractivity contribution is 5.81. The Balaban J connectivity index is 1.95. The molecule has 6 heteroatoms. The summed E-state index contributed by atoms with van der Waals surface area (Å²) in [5.74, 6) is 0.135. The number of hydrogen-bond donors (Lipinski definition) is 1. The molecule has 0 spiro atoms. The summed E-state index contributed by atoms with van der Waals surface area (Å²) in [4.78, 5) is 25.5. The number of amides is 1. The van der Waals surface area contributed by atoms with Crippen LogP contribution in [-0.2, 0) is 9.59 Å². The molecule has 1 amide bonds. The van der Waals surface area contributed by atoms with Gasteiger partial charge in [0, 0.05) is 19.2 Å². The molecule has 1 unspecified atom stereocenters. The first kappa shape index (κ1) is 17.1. The quantitative estimate of drug-likeness (QED) is 0.867. The molecule has 1 aliphatic rings. The molecule has 0 aromatic heterocycles. The molecule has 6 nitrogen and oxygen atoms in total. The van der Waals surface area contributed by atoms with Crippen LogP contribution in [0.5, 0.6) is 11.5 Å². The van der Waals surface area contributed by atoms with E-state index < -0.39 is 11.4 Å². The molecule has 1 atom stereocenters. The summed E-state index contributed by atoms with van der Waals surface area (Å²) in [7, 11) is 1.56. The molecule has 1 saturated heterocycles. The molecule has 1 aliphatic heterocycles. The first-order chi connectivity index (χ1) is 10.9. The molecular formula is C17H23NO5. The van der Waals surface area contributed by atoms with Gasteiger partial charge in [-0.15, -0.1) is 0 Å². The van der Waals surface area contributed by atoms with Crippen LogP contribution in [0, 0.1) is 11.3 Å². The van der Waals surface area contributed by atoms with E-state index >= 15 is 0 Å². The van der Waals surface area contributed by atoms with Gasteiger partial charge in [0.2, 0.25) is 0 Å². The molecule has 0 saturated carbocycles. The van der Waals surface area contributed by atoms with Gasteiger partial charge in [0.15, 0.2) is 6.61 Å². The Bertz CT molecular complexity index is 586. The zero-order chi connectivity index (χ0) is 17.0. The molecule has 0 radical (unpaired) electrons. The van der Waals surface area contributed by atoms with Crippen molar-refractivity contribution in [3.05, 3.63) is 24.3 Å². The molecular weight excluding hydrogens is 298 g/mol. The number of rotatable bonds is 6. The van der Waals surface area contributed by atoms with Gasteiger partial charge in [-0.3, -0.25) is 9.59 Å². The third kappa shape index (κ3) is 3.57. The van der Waals surface area contributed by atoms with Crippen molar-refractivity contribution in [3.8, 4) is 11.5 Å². The number of carboxylic acid groups (broad SMARTS) is 1. The number of ether oxygens (including phenoxy) is 2. The lowest BCUT2D eigenvalue weighted by Gasteiger charge is -2.28. The van der Waals surface area contributed by atoms with Crippen molar-refractivity contribution in [1.82, 2.24) is 4.90 Å². The lowest BCUT2D eigenvalue weighted by Crippen LogP contribution is -2.41. The molecule has 126 valence electrons. The minimum absolute atomic E-state index is 0.0305. The lowest BCUT2D eigenvalue weighted by atomic mass is 9.76. The second kappa shape index (κ2) is 6.89. The van der Waals surface area contributed by atoms with Crippen LogP contribution in [0.2, 0.25) is 0 Å². The minimum Gasteiger partial charge on any atom is -0.497 e. The van der Waals surface area contributed by atoms with Crippen molar-refractivity contribution in [3.63, 3.8) is 0 Å². The van der Waals surface area contributed by atoms with Crippen LogP contribution < -0.4 is 9.47 Å². The van der Waals surface area contributed by atoms with Crippen LogP contribution in [-0.4, -0.2) is 48.7 Å². The summed E-state index contributed by atoms with van der Waals surface area (Å²) in [6.45, 7) is 4.34. The molecule has 1 aromatic carbocycles. The number of nitrogens with zero attached hydrogens (tertiary/aromatic N) is 1. The van der Waals surface area contributed by atoms with Crippen molar-refractivity contribution in [2.45, 2.75) is 20.3 Å². The highest BCUT2D eigenvalue weighted by Gasteiger charge is 2.48. The smallest absolute Gasteiger partial charge is 0.311 e. The largest absolute Gasteiger partial charge is 0.497 e. The molecule has 2 rings (SSSR count). The number of likely N-dealkylation sites (tertiary alicyclic amines) is 1. The lowest BCUT2D eigenvalue weighted by molar-refractivity contribution is -0.151. The first-order valence-electron chi connectivity index (χ1n) is 7.67. The third-order valence-corrected chi connectivity index (χ3v) is 4.59. The van der Waals surface area contributed by atoms with Crippen molar-refractivity contribution in [1.29, 1.82) is 0 Å². The topological polar surface area (TPSA) is 76.1 Å². The molecule has 1 fully saturated rings. The third-order valence-electron chi connectivity index (χ3n) is 4.59. The Morgan fingerprint density at radius 2 is 2.04 bits per heavy atom. The maximum atomic E-state index is 12.3. The van der Waals surface area contributed by atoms with Gasteiger partial charge in [0.05, 0.1) is 12.5 Å². The van der Waals surface area contributed by atoms with Crippen molar-refractivity contribution < 1.29 is 24.2 Å². The maximum Gasteiger partial charge on any atom is 0.311 e. The van der Waals surface area contributed by atoms with E-state index in [4.69, 9.17) is 9.47 Å². The monoisotopic (exact) mass is 321 g/mol. The van der Waals surface area contributed by atoms with E-state index in [1.54, 1.807) is 36.3 Å². The fourth-order valence-electron chi connectivity index (χ4n) is 2.87. The predicted octanol–water partition coefficient (Wildman–Crippen LogP) is 2.03. The van der Waals surface area contributed by atoms with Crippen LogP contribution in [0.15, 0.2) is 24.3 Å². The van der Waals surface area contributed by atoms with E-state index in [1.165, 1.54) is 0 Å². The zero-order valence-electron chi connectivity index (χ0n) is 13.7. The standard InChI is InChI=1S/C17H23NO5/c1-12(2)17(16(20)21)7-8-18(11-17)15(19)10-23-14-6-4-5-13(9-14)22-3/h4-6,9,12H,7-8,10-11H2,1-3H3,(H,20,21). The molecule has 0 bridgehead atoms. The van der Waals surface area contributed by atoms with Gasteiger partial charge in [0.25, 0.3) is 5.91 Å². The van der Waals surface area contributed by atoms with Crippen molar-refractivity contribution in [2.24, 2.45) is 11.3 Å². The van der Waals surface area contributed by atoms with Gasteiger partial charge < -0.3 is 19.5 Å². The van der Waals surface area contributed by atoms with Crippen LogP contribution in [0.3, 0.4) is 0 Å². The summed E-state index contributed by atoms with van der Waals surface area (Å²) >= 11 is 0. The Labute approximate surface area is 136 Å². The van der Waals surface area contributed by atoms with Gasteiger partial charge in [0.1, 0.15) is 11.5 Å². The second-order valence-corrected chi connectivity index (χ2v) is 6.15. The number of benzene rings is 1. The fourth-order valence-corrected chi connectivity index (χ4v) is 2.87. The number of hydrogen-bond acceptors (Lipinski definition) is 4. The average molecular weight is 321 g/mol. The van der Waals surface area contributed by atoms with Crippen LogP contribution in [0.25, 0.3) is 0 Å². The second-order valence-electron chi connectivity index (χ2n) is 6.15. The normalized spacial score (nSPS) is 20.6. The van der Waals surface area contributed by atoms with E-state index in [-0.39, 0.29) is 25.0 Å². The van der Waals surface area contributed by atoms with E-state index in [0.29, 0.717) is 24.5 Å². The summed E-state index contributed by atoms with van der Waals surface area (Å²) in [5.41, 5.74) is -0.856. The number of carboxylic acids is 1. The highest BCUT2D eigenvalue weighted by atomic mass is 16.5. The van der Waals surface area contributed by atoms with Gasteiger partial charge in [-0.05, 0) is 24.5 Å². The molecule has 23 heavy (non-hydrogen) atoms. The average Bonchev–Trinajstić information content (AvgIpc) is 2.99. The molecule has 1 aromatic rings. The van der Waals surface area contributed by atoms with Crippen LogP contribution in [0.1, 0.15) is 20.3 Å². The molecule has 0 aliphatic carbocycles. The summed E-state index contributed by atoms with van der Waals surface area (Å²) in [6, 6.07) is 7.02. The minimum atomic E-state index is -0.856. The van der Waals surface area contributed by atoms with Gasteiger partial charge >= 0.3 is 5.97 Å². The fraction of sp³-hybridized carbons (Fsp3) is 0.529. The Morgan fingerprint density at radius 1 is 1.35 bits per heavy atom.